The van der Waals surface area contributed by atoms with Crippen LogP contribution >= 0.6 is 0 Å². The molecule has 1 atom stereocenters. The van der Waals surface area contributed by atoms with Crippen LogP contribution < -0.4 is 14.8 Å². The van der Waals surface area contributed by atoms with Crippen molar-refractivity contribution in [2.24, 2.45) is 0 Å². The van der Waals surface area contributed by atoms with Crippen LogP contribution in [0.3, 0.4) is 0 Å². The van der Waals surface area contributed by atoms with Crippen molar-refractivity contribution >= 4 is 12.0 Å². The molecule has 0 fully saturated rings. The van der Waals surface area contributed by atoms with Gasteiger partial charge in [0.15, 0.2) is 0 Å². The van der Waals surface area contributed by atoms with E-state index in [0.29, 0.717) is 44.1 Å². The Balaban J connectivity index is 2.15. The summed E-state index contributed by atoms with van der Waals surface area (Å²) in [4.78, 5) is 12.3. The third-order valence-corrected chi connectivity index (χ3v) is 3.95. The first-order chi connectivity index (χ1) is 12.6. The van der Waals surface area contributed by atoms with Crippen LogP contribution in [0.4, 0.5) is 0 Å². The highest BCUT2D eigenvalue weighted by molar-refractivity contribution is 6.02. The average Bonchev–Trinajstić information content (AvgIpc) is 2.98. The van der Waals surface area contributed by atoms with Gasteiger partial charge in [0.2, 0.25) is 0 Å². The molecule has 6 heteroatoms. The highest BCUT2D eigenvalue weighted by Crippen LogP contribution is 2.36. The van der Waals surface area contributed by atoms with E-state index in [9.17, 15) is 10.1 Å². The largest absolute Gasteiger partial charge is 0.493 e. The smallest absolute Gasteiger partial charge is 0.261 e. The number of rotatable bonds is 9. The second kappa shape index (κ2) is 9.83. The molecule has 0 saturated carbocycles. The topological polar surface area (TPSA) is 80.6 Å². The summed E-state index contributed by atoms with van der Waals surface area (Å²) in [5.74, 6) is 1.03. The van der Waals surface area contributed by atoms with E-state index in [1.54, 1.807) is 6.08 Å². The lowest BCUT2D eigenvalue weighted by Gasteiger charge is -2.11. The number of ether oxygens (including phenoxy) is 3. The molecule has 1 amide bonds. The maximum Gasteiger partial charge on any atom is 0.261 e. The van der Waals surface area contributed by atoms with Crippen LogP contribution in [0.2, 0.25) is 0 Å². The molecular formula is C20H26N2O4. The van der Waals surface area contributed by atoms with Crippen molar-refractivity contribution in [3.63, 3.8) is 0 Å². The molecule has 1 unspecified atom stereocenters. The van der Waals surface area contributed by atoms with Crippen molar-refractivity contribution in [1.82, 2.24) is 5.32 Å². The molecule has 1 N–H and O–H groups in total. The number of carbonyl (C=O) groups is 1. The minimum Gasteiger partial charge on any atom is -0.493 e. The molecule has 0 bridgehead atoms. The van der Waals surface area contributed by atoms with Gasteiger partial charge in [0, 0.05) is 37.3 Å². The Morgan fingerprint density at radius 3 is 2.92 bits per heavy atom. The Hall–Kier alpha value is -2.52. The van der Waals surface area contributed by atoms with Crippen LogP contribution in [-0.4, -0.2) is 38.4 Å². The summed E-state index contributed by atoms with van der Waals surface area (Å²) >= 11 is 0. The van der Waals surface area contributed by atoms with Gasteiger partial charge in [-0.2, -0.15) is 5.26 Å². The van der Waals surface area contributed by atoms with Crippen molar-refractivity contribution < 1.29 is 19.0 Å². The standard InChI is InChI=1S/C20H26N2O4/c1-4-24-8-6-7-22-20(23)17(13-21)10-16-12-19-15(9-14(3)26-19)11-18(16)25-5-2/h10-12,14H,4-9H2,1-3H3,(H,22,23). The number of benzene rings is 1. The van der Waals surface area contributed by atoms with Gasteiger partial charge in [-0.1, -0.05) is 0 Å². The van der Waals surface area contributed by atoms with E-state index in [4.69, 9.17) is 14.2 Å². The molecule has 2 rings (SSSR count). The van der Waals surface area contributed by atoms with Crippen LogP contribution in [0, 0.1) is 11.3 Å². The number of nitrogens with one attached hydrogen (secondary N) is 1. The van der Waals surface area contributed by atoms with Crippen molar-refractivity contribution in [2.75, 3.05) is 26.4 Å². The SMILES string of the molecule is CCOCCCNC(=O)C(C#N)=Cc1cc2c(cc1OCC)CC(C)O2. The minimum atomic E-state index is -0.402. The highest BCUT2D eigenvalue weighted by Gasteiger charge is 2.22. The maximum absolute atomic E-state index is 12.3. The lowest BCUT2D eigenvalue weighted by Crippen LogP contribution is -2.26. The van der Waals surface area contributed by atoms with E-state index in [1.165, 1.54) is 0 Å². The van der Waals surface area contributed by atoms with Gasteiger partial charge in [0.25, 0.3) is 5.91 Å². The zero-order chi connectivity index (χ0) is 18.9. The number of hydrogen-bond acceptors (Lipinski definition) is 5. The molecular weight excluding hydrogens is 332 g/mol. The molecule has 1 heterocycles. The third kappa shape index (κ3) is 5.24. The van der Waals surface area contributed by atoms with Gasteiger partial charge in [-0.25, -0.2) is 0 Å². The first kappa shape index (κ1) is 19.8. The monoisotopic (exact) mass is 358 g/mol. The van der Waals surface area contributed by atoms with Gasteiger partial charge in [-0.3, -0.25) is 4.79 Å². The third-order valence-electron chi connectivity index (χ3n) is 3.95. The molecule has 6 nitrogen and oxygen atoms in total. The van der Waals surface area contributed by atoms with E-state index in [1.807, 2.05) is 39.0 Å². The molecule has 0 aromatic heterocycles. The van der Waals surface area contributed by atoms with Gasteiger partial charge in [0.05, 0.1) is 6.61 Å². The summed E-state index contributed by atoms with van der Waals surface area (Å²) in [6.07, 6.45) is 3.19. The van der Waals surface area contributed by atoms with E-state index in [0.717, 1.165) is 17.7 Å². The number of amides is 1. The molecule has 0 aliphatic carbocycles. The zero-order valence-corrected chi connectivity index (χ0v) is 15.6. The quantitative estimate of drug-likeness (QED) is 0.417. The van der Waals surface area contributed by atoms with E-state index in [-0.39, 0.29) is 11.7 Å². The van der Waals surface area contributed by atoms with Crippen molar-refractivity contribution in [3.05, 3.63) is 28.8 Å². The van der Waals surface area contributed by atoms with Crippen molar-refractivity contribution in [2.45, 2.75) is 39.7 Å². The number of hydrogen-bond donors (Lipinski definition) is 1. The number of fused-ring (bicyclic) bond motifs is 1. The summed E-state index contributed by atoms with van der Waals surface area (Å²) in [7, 11) is 0. The van der Waals surface area contributed by atoms with Gasteiger partial charge in [-0.05, 0) is 45.4 Å². The van der Waals surface area contributed by atoms with Crippen molar-refractivity contribution in [1.29, 1.82) is 5.26 Å². The predicted octanol–water partition coefficient (Wildman–Crippen LogP) is 2.86. The second-order valence-corrected chi connectivity index (χ2v) is 6.04. The zero-order valence-electron chi connectivity index (χ0n) is 15.6. The van der Waals surface area contributed by atoms with Gasteiger partial charge < -0.3 is 19.5 Å². The van der Waals surface area contributed by atoms with Crippen LogP contribution in [0.15, 0.2) is 17.7 Å². The molecule has 0 radical (unpaired) electrons. The Labute approximate surface area is 154 Å². The normalized spacial score (nSPS) is 15.8. The minimum absolute atomic E-state index is 0.0355. The van der Waals surface area contributed by atoms with E-state index >= 15 is 0 Å². The average molecular weight is 358 g/mol. The van der Waals surface area contributed by atoms with Crippen molar-refractivity contribution in [3.8, 4) is 17.6 Å². The summed E-state index contributed by atoms with van der Waals surface area (Å²) in [5, 5.41) is 12.1. The number of carbonyl (C=O) groups excluding carboxylic acids is 1. The fraction of sp³-hybridized carbons (Fsp3) is 0.500. The summed E-state index contributed by atoms with van der Waals surface area (Å²) in [6, 6.07) is 5.74. The van der Waals surface area contributed by atoms with Gasteiger partial charge in [0.1, 0.15) is 29.2 Å². The maximum atomic E-state index is 12.3. The Morgan fingerprint density at radius 2 is 2.23 bits per heavy atom. The van der Waals surface area contributed by atoms with Crippen LogP contribution in [0.5, 0.6) is 11.5 Å². The van der Waals surface area contributed by atoms with Crippen LogP contribution in [0.1, 0.15) is 38.3 Å². The van der Waals surface area contributed by atoms with Crippen LogP contribution in [-0.2, 0) is 16.0 Å². The molecule has 0 spiro atoms. The summed E-state index contributed by atoms with van der Waals surface area (Å²) in [5.41, 5.74) is 1.78. The van der Waals surface area contributed by atoms with E-state index < -0.39 is 5.91 Å². The Kier molecular flexibility index (Phi) is 7.49. The Morgan fingerprint density at radius 1 is 1.42 bits per heavy atom. The molecule has 1 aliphatic heterocycles. The molecule has 1 aromatic carbocycles. The number of nitrogens with zero attached hydrogens (tertiary/aromatic N) is 1. The Bertz CT molecular complexity index is 706. The van der Waals surface area contributed by atoms with E-state index in [2.05, 4.69) is 5.32 Å². The fourth-order valence-corrected chi connectivity index (χ4v) is 2.77. The first-order valence-electron chi connectivity index (χ1n) is 9.03. The molecule has 1 aromatic rings. The fourth-order valence-electron chi connectivity index (χ4n) is 2.77. The van der Waals surface area contributed by atoms with Gasteiger partial charge >= 0.3 is 0 Å². The highest BCUT2D eigenvalue weighted by atomic mass is 16.5. The molecule has 26 heavy (non-hydrogen) atoms. The first-order valence-corrected chi connectivity index (χ1v) is 9.03. The summed E-state index contributed by atoms with van der Waals surface area (Å²) in [6.45, 7) is 8.02. The molecule has 0 saturated heterocycles. The molecule has 1 aliphatic rings. The number of nitriles is 1. The van der Waals surface area contributed by atoms with Gasteiger partial charge in [-0.15, -0.1) is 0 Å². The lowest BCUT2D eigenvalue weighted by molar-refractivity contribution is -0.117. The predicted molar refractivity (Wildman–Crippen MR) is 99.1 cm³/mol. The van der Waals surface area contributed by atoms with Crippen LogP contribution in [0.25, 0.3) is 6.08 Å². The summed E-state index contributed by atoms with van der Waals surface area (Å²) < 4.78 is 16.7. The molecule has 140 valence electrons. The lowest BCUT2D eigenvalue weighted by atomic mass is 10.0. The second-order valence-electron chi connectivity index (χ2n) is 6.04.